The number of carbonyl (C=O) groups is 2. The van der Waals surface area contributed by atoms with Crippen molar-refractivity contribution in [2.45, 2.75) is 13.3 Å². The van der Waals surface area contributed by atoms with Crippen LogP contribution in [0.2, 0.25) is 0 Å². The van der Waals surface area contributed by atoms with Crippen LogP contribution in [0.3, 0.4) is 0 Å². The van der Waals surface area contributed by atoms with Gasteiger partial charge in [-0.25, -0.2) is 0 Å². The Morgan fingerprint density at radius 2 is 2.11 bits per heavy atom. The molecule has 0 saturated carbocycles. The van der Waals surface area contributed by atoms with Gasteiger partial charge >= 0.3 is 5.37 Å². The SMILES string of the molecule is Cc1scc2c1N(C(=O)Cl)c1ccccc1CC2=O. The van der Waals surface area contributed by atoms with Crippen molar-refractivity contribution in [3.63, 3.8) is 0 Å². The molecule has 2 heterocycles. The van der Waals surface area contributed by atoms with Gasteiger partial charge in [-0.3, -0.25) is 14.5 Å². The number of Topliss-reactive ketones (excluding diaryl/α,β-unsaturated/α-hetero) is 1. The third-order valence-corrected chi connectivity index (χ3v) is 4.29. The molecule has 0 atom stereocenters. The van der Waals surface area contributed by atoms with E-state index in [9.17, 15) is 9.59 Å². The average molecular weight is 292 g/mol. The van der Waals surface area contributed by atoms with Crippen LogP contribution in [0, 0.1) is 6.92 Å². The van der Waals surface area contributed by atoms with Crippen LogP contribution in [0.5, 0.6) is 0 Å². The normalized spacial score (nSPS) is 13.8. The van der Waals surface area contributed by atoms with Crippen LogP contribution in [-0.2, 0) is 6.42 Å². The van der Waals surface area contributed by atoms with Gasteiger partial charge in [0.15, 0.2) is 5.78 Å². The van der Waals surface area contributed by atoms with Crippen molar-refractivity contribution in [1.82, 2.24) is 0 Å². The molecule has 96 valence electrons. The number of aryl methyl sites for hydroxylation is 1. The number of carbonyl (C=O) groups excluding carboxylic acids is 2. The van der Waals surface area contributed by atoms with Crippen molar-refractivity contribution >= 4 is 45.5 Å². The van der Waals surface area contributed by atoms with Crippen LogP contribution in [0.1, 0.15) is 20.8 Å². The van der Waals surface area contributed by atoms with E-state index in [4.69, 9.17) is 11.6 Å². The lowest BCUT2D eigenvalue weighted by atomic mass is 10.1. The largest absolute Gasteiger partial charge is 0.325 e. The van der Waals surface area contributed by atoms with Gasteiger partial charge in [0.2, 0.25) is 0 Å². The van der Waals surface area contributed by atoms with E-state index in [-0.39, 0.29) is 5.78 Å². The molecule has 0 fully saturated rings. The molecule has 5 heteroatoms. The second kappa shape index (κ2) is 4.47. The lowest BCUT2D eigenvalue weighted by Gasteiger charge is -2.21. The summed E-state index contributed by atoms with van der Waals surface area (Å²) in [6, 6.07) is 7.36. The zero-order valence-corrected chi connectivity index (χ0v) is 11.7. The van der Waals surface area contributed by atoms with Gasteiger partial charge in [0.1, 0.15) is 0 Å². The van der Waals surface area contributed by atoms with Crippen LogP contribution in [0.4, 0.5) is 16.2 Å². The van der Waals surface area contributed by atoms with Crippen molar-refractivity contribution in [2.75, 3.05) is 4.90 Å². The Hall–Kier alpha value is -1.65. The van der Waals surface area contributed by atoms with E-state index in [0.29, 0.717) is 23.4 Å². The predicted molar refractivity (Wildman–Crippen MR) is 76.9 cm³/mol. The highest BCUT2D eigenvalue weighted by Gasteiger charge is 2.30. The van der Waals surface area contributed by atoms with Crippen LogP contribution in [0.15, 0.2) is 29.6 Å². The smallest absolute Gasteiger partial charge is 0.294 e. The number of halogens is 1. The molecular weight excluding hydrogens is 282 g/mol. The van der Waals surface area contributed by atoms with Crippen LogP contribution >= 0.6 is 22.9 Å². The number of rotatable bonds is 0. The summed E-state index contributed by atoms with van der Waals surface area (Å²) in [7, 11) is 0. The minimum Gasteiger partial charge on any atom is -0.294 e. The van der Waals surface area contributed by atoms with Gasteiger partial charge in [-0.05, 0) is 30.2 Å². The average Bonchev–Trinajstić information content (AvgIpc) is 2.68. The summed E-state index contributed by atoms with van der Waals surface area (Å²) in [5.74, 6) is 0.0206. The molecule has 1 amide bonds. The quantitative estimate of drug-likeness (QED) is 0.536. The first-order valence-corrected chi connectivity index (χ1v) is 7.04. The first-order valence-electron chi connectivity index (χ1n) is 5.78. The maximum absolute atomic E-state index is 12.3. The molecule has 3 nitrogen and oxygen atoms in total. The van der Waals surface area contributed by atoms with Crippen molar-refractivity contribution in [2.24, 2.45) is 0 Å². The van der Waals surface area contributed by atoms with Gasteiger partial charge in [0.05, 0.1) is 16.9 Å². The molecule has 1 aromatic carbocycles. The van der Waals surface area contributed by atoms with E-state index in [1.54, 1.807) is 5.38 Å². The minimum atomic E-state index is -0.593. The van der Waals surface area contributed by atoms with E-state index in [1.165, 1.54) is 16.2 Å². The third kappa shape index (κ3) is 1.88. The molecule has 1 aliphatic heterocycles. The van der Waals surface area contributed by atoms with Gasteiger partial charge in [-0.2, -0.15) is 0 Å². The molecule has 1 aliphatic rings. The molecule has 0 N–H and O–H groups in total. The Bertz CT molecular complexity index is 693. The van der Waals surface area contributed by atoms with Crippen molar-refractivity contribution < 1.29 is 9.59 Å². The fraction of sp³-hybridized carbons (Fsp3) is 0.143. The zero-order valence-electron chi connectivity index (χ0n) is 10.1. The number of nitrogens with zero attached hydrogens (tertiary/aromatic N) is 1. The minimum absolute atomic E-state index is 0.0206. The van der Waals surface area contributed by atoms with Crippen molar-refractivity contribution in [1.29, 1.82) is 0 Å². The summed E-state index contributed by atoms with van der Waals surface area (Å²) in [6.45, 7) is 1.89. The molecule has 3 rings (SSSR count). The first-order chi connectivity index (χ1) is 9.09. The van der Waals surface area contributed by atoms with Gasteiger partial charge < -0.3 is 0 Å². The molecule has 0 aliphatic carbocycles. The van der Waals surface area contributed by atoms with Gasteiger partial charge in [-0.15, -0.1) is 11.3 Å². The predicted octanol–water partition coefficient (Wildman–Crippen LogP) is 4.29. The molecule has 1 aromatic heterocycles. The summed E-state index contributed by atoms with van der Waals surface area (Å²) >= 11 is 7.20. The van der Waals surface area contributed by atoms with Crippen molar-refractivity contribution in [3.05, 3.63) is 45.6 Å². The lowest BCUT2D eigenvalue weighted by Crippen LogP contribution is -2.20. The summed E-state index contributed by atoms with van der Waals surface area (Å²) in [4.78, 5) is 26.4. The van der Waals surface area contributed by atoms with E-state index < -0.39 is 5.37 Å². The first kappa shape index (κ1) is 12.4. The fourth-order valence-corrected chi connectivity index (χ4v) is 3.40. The number of fused-ring (bicyclic) bond motifs is 2. The second-order valence-corrected chi connectivity index (χ2v) is 5.78. The van der Waals surface area contributed by atoms with Crippen LogP contribution < -0.4 is 4.90 Å². The summed E-state index contributed by atoms with van der Waals surface area (Å²) in [5.41, 5.74) is 2.71. The molecule has 0 spiro atoms. The van der Waals surface area contributed by atoms with Gasteiger partial charge in [-0.1, -0.05) is 18.2 Å². The third-order valence-electron chi connectivity index (χ3n) is 3.23. The molecular formula is C14H10ClNO2S. The van der Waals surface area contributed by atoms with Gasteiger partial charge in [0.25, 0.3) is 0 Å². The number of para-hydroxylation sites is 1. The maximum Gasteiger partial charge on any atom is 0.325 e. The van der Waals surface area contributed by atoms with E-state index in [0.717, 1.165) is 10.4 Å². The zero-order chi connectivity index (χ0) is 13.6. The Kier molecular flexibility index (Phi) is 2.92. The Morgan fingerprint density at radius 1 is 1.37 bits per heavy atom. The van der Waals surface area contributed by atoms with E-state index in [2.05, 4.69) is 0 Å². The standard InChI is InChI=1S/C14H10ClNO2S/c1-8-13-10(7-19-8)12(17)6-9-4-2-3-5-11(9)16(13)14(15)18/h2-5,7H,6H2,1H3. The number of ketones is 1. The number of anilines is 2. The lowest BCUT2D eigenvalue weighted by molar-refractivity contribution is 0.0995. The molecule has 0 bridgehead atoms. The number of hydrogen-bond acceptors (Lipinski definition) is 3. The number of benzene rings is 1. The number of amides is 1. The fourth-order valence-electron chi connectivity index (χ4n) is 2.37. The van der Waals surface area contributed by atoms with Crippen molar-refractivity contribution in [3.8, 4) is 0 Å². The summed E-state index contributed by atoms with van der Waals surface area (Å²) < 4.78 is 0. The monoisotopic (exact) mass is 291 g/mol. The molecule has 2 aromatic rings. The number of thiophene rings is 1. The molecule has 19 heavy (non-hydrogen) atoms. The molecule has 0 radical (unpaired) electrons. The highest BCUT2D eigenvalue weighted by molar-refractivity contribution is 7.11. The Labute approximate surface area is 119 Å². The highest BCUT2D eigenvalue weighted by Crippen LogP contribution is 2.41. The topological polar surface area (TPSA) is 37.4 Å². The molecule has 0 unspecified atom stereocenters. The van der Waals surface area contributed by atoms with E-state index in [1.807, 2.05) is 31.2 Å². The van der Waals surface area contributed by atoms with E-state index >= 15 is 0 Å². The van der Waals surface area contributed by atoms with Crippen LogP contribution in [0.25, 0.3) is 0 Å². The highest BCUT2D eigenvalue weighted by atomic mass is 35.5. The Morgan fingerprint density at radius 3 is 2.84 bits per heavy atom. The van der Waals surface area contributed by atoms with Gasteiger partial charge in [0, 0.05) is 16.7 Å². The molecule has 0 saturated heterocycles. The van der Waals surface area contributed by atoms with Crippen LogP contribution in [-0.4, -0.2) is 11.1 Å². The summed E-state index contributed by atoms with van der Waals surface area (Å²) in [6.07, 6.45) is 0.292. The number of hydrogen-bond donors (Lipinski definition) is 0. The Balaban J connectivity index is 2.34. The summed E-state index contributed by atoms with van der Waals surface area (Å²) in [5, 5.41) is 1.20. The second-order valence-electron chi connectivity index (χ2n) is 4.37. The maximum atomic E-state index is 12.3.